The zero-order chi connectivity index (χ0) is 14.2. The third-order valence-corrected chi connectivity index (χ3v) is 3.00. The van der Waals surface area contributed by atoms with E-state index in [9.17, 15) is 0 Å². The highest BCUT2D eigenvalue weighted by Crippen LogP contribution is 2.20. The first-order chi connectivity index (χ1) is 9.79. The molecule has 1 aromatic heterocycles. The summed E-state index contributed by atoms with van der Waals surface area (Å²) in [6.07, 6.45) is 4.68. The van der Waals surface area contributed by atoms with Crippen molar-refractivity contribution >= 4 is 5.82 Å². The van der Waals surface area contributed by atoms with Gasteiger partial charge in [0.05, 0.1) is 6.61 Å². The lowest BCUT2D eigenvalue weighted by molar-refractivity contribution is 0.294. The Labute approximate surface area is 120 Å². The Balaban J connectivity index is 2.02. The molecule has 0 saturated heterocycles. The smallest absolute Gasteiger partial charge is 0.219 e. The van der Waals surface area contributed by atoms with Gasteiger partial charge in [-0.25, -0.2) is 4.98 Å². The predicted octanol–water partition coefficient (Wildman–Crippen LogP) is 3.68. The second-order valence-electron chi connectivity index (χ2n) is 4.73. The molecule has 0 atom stereocenters. The minimum atomic E-state index is 0.433. The van der Waals surface area contributed by atoms with Gasteiger partial charge in [-0.2, -0.15) is 4.98 Å². The number of hydrogen-bond donors (Lipinski definition) is 1. The number of benzene rings is 1. The summed E-state index contributed by atoms with van der Waals surface area (Å²) in [4.78, 5) is 8.66. The molecule has 20 heavy (non-hydrogen) atoms. The van der Waals surface area contributed by atoms with Crippen LogP contribution in [0, 0.1) is 0 Å². The van der Waals surface area contributed by atoms with Gasteiger partial charge in [-0.05, 0) is 6.42 Å². The fourth-order valence-electron chi connectivity index (χ4n) is 1.94. The van der Waals surface area contributed by atoms with Crippen LogP contribution in [0.2, 0.25) is 0 Å². The van der Waals surface area contributed by atoms with E-state index in [0.717, 1.165) is 12.0 Å². The highest BCUT2D eigenvalue weighted by atomic mass is 16.5. The van der Waals surface area contributed by atoms with Crippen molar-refractivity contribution in [3.8, 4) is 17.3 Å². The SMILES string of the molecule is CCCCCCOc1cc(N)nc(-c2ccccc2)n1. The van der Waals surface area contributed by atoms with Crippen molar-refractivity contribution < 1.29 is 4.74 Å². The van der Waals surface area contributed by atoms with Crippen LogP contribution < -0.4 is 10.5 Å². The van der Waals surface area contributed by atoms with Gasteiger partial charge in [0.25, 0.3) is 0 Å². The number of aromatic nitrogens is 2. The maximum Gasteiger partial charge on any atom is 0.219 e. The second-order valence-corrected chi connectivity index (χ2v) is 4.73. The molecule has 0 bridgehead atoms. The molecular formula is C16H21N3O. The molecule has 2 aromatic rings. The van der Waals surface area contributed by atoms with Gasteiger partial charge in [0, 0.05) is 11.6 Å². The van der Waals surface area contributed by atoms with Gasteiger partial charge in [-0.15, -0.1) is 0 Å². The van der Waals surface area contributed by atoms with Crippen molar-refractivity contribution in [1.82, 2.24) is 9.97 Å². The Morgan fingerprint density at radius 1 is 1.05 bits per heavy atom. The van der Waals surface area contributed by atoms with Gasteiger partial charge < -0.3 is 10.5 Å². The van der Waals surface area contributed by atoms with Crippen LogP contribution in [-0.4, -0.2) is 16.6 Å². The maximum atomic E-state index is 5.82. The Kier molecular flexibility index (Phi) is 5.35. The first-order valence-electron chi connectivity index (χ1n) is 7.12. The maximum absolute atomic E-state index is 5.82. The summed E-state index contributed by atoms with van der Waals surface area (Å²) in [5, 5.41) is 0. The summed E-state index contributed by atoms with van der Waals surface area (Å²) in [6, 6.07) is 11.5. The highest BCUT2D eigenvalue weighted by molar-refractivity contribution is 5.57. The minimum Gasteiger partial charge on any atom is -0.478 e. The van der Waals surface area contributed by atoms with E-state index in [2.05, 4.69) is 16.9 Å². The topological polar surface area (TPSA) is 61.0 Å². The third kappa shape index (κ3) is 4.23. The third-order valence-electron chi connectivity index (χ3n) is 3.00. The van der Waals surface area contributed by atoms with E-state index in [4.69, 9.17) is 10.5 Å². The molecule has 4 heteroatoms. The van der Waals surface area contributed by atoms with Crippen LogP contribution in [0.15, 0.2) is 36.4 Å². The van der Waals surface area contributed by atoms with Crippen molar-refractivity contribution in [2.75, 3.05) is 12.3 Å². The summed E-state index contributed by atoms with van der Waals surface area (Å²) < 4.78 is 5.66. The number of nitrogen functional groups attached to an aromatic ring is 1. The predicted molar refractivity (Wildman–Crippen MR) is 81.5 cm³/mol. The standard InChI is InChI=1S/C16H21N3O/c1-2-3-4-8-11-20-15-12-14(17)18-16(19-15)13-9-6-5-7-10-13/h5-7,9-10,12H,2-4,8,11H2,1H3,(H2,17,18,19). The average Bonchev–Trinajstić information content (AvgIpc) is 2.47. The van der Waals surface area contributed by atoms with Gasteiger partial charge in [0.2, 0.25) is 5.88 Å². The van der Waals surface area contributed by atoms with Gasteiger partial charge in [0.15, 0.2) is 5.82 Å². The van der Waals surface area contributed by atoms with Crippen molar-refractivity contribution in [3.05, 3.63) is 36.4 Å². The lowest BCUT2D eigenvalue weighted by atomic mass is 10.2. The van der Waals surface area contributed by atoms with E-state index >= 15 is 0 Å². The largest absolute Gasteiger partial charge is 0.478 e. The first-order valence-corrected chi connectivity index (χ1v) is 7.12. The molecule has 1 heterocycles. The van der Waals surface area contributed by atoms with Crippen LogP contribution in [0.5, 0.6) is 5.88 Å². The van der Waals surface area contributed by atoms with Gasteiger partial charge in [-0.3, -0.25) is 0 Å². The normalized spacial score (nSPS) is 10.4. The van der Waals surface area contributed by atoms with Crippen LogP contribution in [0.1, 0.15) is 32.6 Å². The summed E-state index contributed by atoms with van der Waals surface area (Å²) in [6.45, 7) is 2.86. The minimum absolute atomic E-state index is 0.433. The number of nitrogens with two attached hydrogens (primary N) is 1. The molecule has 0 aliphatic carbocycles. The van der Waals surface area contributed by atoms with Gasteiger partial charge in [-0.1, -0.05) is 56.5 Å². The van der Waals surface area contributed by atoms with Gasteiger partial charge >= 0.3 is 0 Å². The molecule has 0 amide bonds. The molecule has 2 rings (SSSR count). The fraction of sp³-hybridized carbons (Fsp3) is 0.375. The molecule has 0 aliphatic rings. The van der Waals surface area contributed by atoms with Crippen LogP contribution in [0.4, 0.5) is 5.82 Å². The molecule has 0 aliphatic heterocycles. The van der Waals surface area contributed by atoms with E-state index in [1.807, 2.05) is 30.3 Å². The van der Waals surface area contributed by atoms with E-state index in [0.29, 0.717) is 24.1 Å². The molecule has 0 fully saturated rings. The Morgan fingerprint density at radius 3 is 2.60 bits per heavy atom. The van der Waals surface area contributed by atoms with Crippen LogP contribution >= 0.6 is 0 Å². The lowest BCUT2D eigenvalue weighted by Crippen LogP contribution is -2.03. The number of anilines is 1. The number of rotatable bonds is 7. The summed E-state index contributed by atoms with van der Waals surface area (Å²) in [5.41, 5.74) is 6.76. The quantitative estimate of drug-likeness (QED) is 0.780. The first kappa shape index (κ1) is 14.3. The number of hydrogen-bond acceptors (Lipinski definition) is 4. The Hall–Kier alpha value is -2.10. The highest BCUT2D eigenvalue weighted by Gasteiger charge is 2.05. The molecule has 0 radical (unpaired) electrons. The summed E-state index contributed by atoms with van der Waals surface area (Å²) >= 11 is 0. The fourth-order valence-corrected chi connectivity index (χ4v) is 1.94. The molecule has 0 unspecified atom stereocenters. The lowest BCUT2D eigenvalue weighted by Gasteiger charge is -2.08. The Bertz CT molecular complexity index is 529. The number of nitrogens with zero attached hydrogens (tertiary/aromatic N) is 2. The Morgan fingerprint density at radius 2 is 1.85 bits per heavy atom. The van der Waals surface area contributed by atoms with Crippen molar-refractivity contribution in [2.24, 2.45) is 0 Å². The molecule has 106 valence electrons. The summed E-state index contributed by atoms with van der Waals surface area (Å²) in [5.74, 6) is 1.59. The van der Waals surface area contributed by atoms with E-state index in [-0.39, 0.29) is 0 Å². The zero-order valence-electron chi connectivity index (χ0n) is 11.9. The van der Waals surface area contributed by atoms with Crippen molar-refractivity contribution in [1.29, 1.82) is 0 Å². The molecule has 1 aromatic carbocycles. The average molecular weight is 271 g/mol. The molecule has 2 N–H and O–H groups in total. The monoisotopic (exact) mass is 271 g/mol. The zero-order valence-corrected chi connectivity index (χ0v) is 11.9. The van der Waals surface area contributed by atoms with Crippen molar-refractivity contribution in [2.45, 2.75) is 32.6 Å². The van der Waals surface area contributed by atoms with Gasteiger partial charge in [0.1, 0.15) is 5.82 Å². The van der Waals surface area contributed by atoms with Crippen molar-refractivity contribution in [3.63, 3.8) is 0 Å². The molecule has 4 nitrogen and oxygen atoms in total. The molecule has 0 saturated carbocycles. The number of ether oxygens (including phenoxy) is 1. The van der Waals surface area contributed by atoms with E-state index in [1.165, 1.54) is 19.3 Å². The van der Waals surface area contributed by atoms with Crippen LogP contribution in [-0.2, 0) is 0 Å². The molecule has 0 spiro atoms. The number of unbranched alkanes of at least 4 members (excludes halogenated alkanes) is 3. The van der Waals surface area contributed by atoms with E-state index < -0.39 is 0 Å². The second kappa shape index (κ2) is 7.48. The molecular weight excluding hydrogens is 250 g/mol. The van der Waals surface area contributed by atoms with Crippen LogP contribution in [0.25, 0.3) is 11.4 Å². The van der Waals surface area contributed by atoms with Crippen LogP contribution in [0.3, 0.4) is 0 Å². The summed E-state index contributed by atoms with van der Waals surface area (Å²) in [7, 11) is 0. The van der Waals surface area contributed by atoms with E-state index in [1.54, 1.807) is 6.07 Å².